The van der Waals surface area contributed by atoms with E-state index in [9.17, 15) is 5.11 Å². The summed E-state index contributed by atoms with van der Waals surface area (Å²) in [6, 6.07) is 7.87. The van der Waals surface area contributed by atoms with Crippen molar-refractivity contribution in [2.24, 2.45) is 0 Å². The van der Waals surface area contributed by atoms with Gasteiger partial charge in [0.2, 0.25) is 0 Å². The van der Waals surface area contributed by atoms with Crippen LogP contribution in [0, 0.1) is 0 Å². The minimum Gasteiger partial charge on any atom is -0.388 e. The first-order valence-corrected chi connectivity index (χ1v) is 7.66. The summed E-state index contributed by atoms with van der Waals surface area (Å²) < 4.78 is 6.69. The summed E-state index contributed by atoms with van der Waals surface area (Å²) >= 11 is 3.49. The van der Waals surface area contributed by atoms with Crippen molar-refractivity contribution in [3.63, 3.8) is 0 Å². The van der Waals surface area contributed by atoms with Gasteiger partial charge < -0.3 is 9.84 Å². The molecule has 0 radical (unpaired) electrons. The zero-order chi connectivity index (χ0) is 13.8. The molecule has 1 N–H and O–H groups in total. The Morgan fingerprint density at radius 1 is 1.32 bits per heavy atom. The molecule has 1 aliphatic heterocycles. The summed E-state index contributed by atoms with van der Waals surface area (Å²) in [5, 5.41) is 10.3. The van der Waals surface area contributed by atoms with Gasteiger partial charge in [-0.2, -0.15) is 0 Å². The van der Waals surface area contributed by atoms with E-state index in [2.05, 4.69) is 34.7 Å². The fraction of sp³-hybridized carbons (Fsp3) is 0.600. The predicted molar refractivity (Wildman–Crippen MR) is 80.2 cm³/mol. The highest BCUT2D eigenvalue weighted by atomic mass is 79.9. The van der Waals surface area contributed by atoms with Crippen LogP contribution >= 0.6 is 15.9 Å². The molecule has 1 aromatic rings. The zero-order valence-electron chi connectivity index (χ0n) is 11.6. The molecule has 0 aliphatic carbocycles. The molecule has 0 bridgehead atoms. The summed E-state index contributed by atoms with van der Waals surface area (Å²) in [5.41, 5.74) is 0.969. The minimum absolute atomic E-state index is 0.282. The van der Waals surface area contributed by atoms with E-state index in [0.29, 0.717) is 0 Å². The van der Waals surface area contributed by atoms with Crippen LogP contribution in [0.15, 0.2) is 28.7 Å². The monoisotopic (exact) mass is 327 g/mol. The quantitative estimate of drug-likeness (QED) is 0.922. The maximum atomic E-state index is 10.3. The van der Waals surface area contributed by atoms with Crippen LogP contribution in [-0.4, -0.2) is 41.8 Å². The second-order valence-electron chi connectivity index (χ2n) is 5.34. The molecule has 1 aliphatic rings. The number of ether oxygens (including phenoxy) is 1. The summed E-state index contributed by atoms with van der Waals surface area (Å²) in [6.45, 7) is 7.01. The van der Waals surface area contributed by atoms with Gasteiger partial charge in [-0.1, -0.05) is 34.1 Å². The normalized spacial score (nSPS) is 26.3. The van der Waals surface area contributed by atoms with Gasteiger partial charge in [0.1, 0.15) is 0 Å². The van der Waals surface area contributed by atoms with E-state index in [1.165, 1.54) is 0 Å². The lowest BCUT2D eigenvalue weighted by atomic mass is 10.1. The lowest BCUT2D eigenvalue weighted by Crippen LogP contribution is -2.45. The van der Waals surface area contributed by atoms with Gasteiger partial charge in [-0.25, -0.2) is 0 Å². The van der Waals surface area contributed by atoms with Crippen LogP contribution in [0.4, 0.5) is 0 Å². The molecular formula is C15H22BrNO2. The number of morpholine rings is 1. The molecule has 0 aromatic heterocycles. The highest BCUT2D eigenvalue weighted by Gasteiger charge is 2.22. The average Bonchev–Trinajstić information content (AvgIpc) is 2.35. The molecule has 2 rings (SSSR count). The minimum atomic E-state index is -0.413. The number of aliphatic hydroxyl groups excluding tert-OH is 1. The lowest BCUT2D eigenvalue weighted by Gasteiger charge is -2.35. The molecule has 106 valence electrons. The van der Waals surface area contributed by atoms with Gasteiger partial charge in [-0.05, 0) is 31.9 Å². The van der Waals surface area contributed by atoms with Gasteiger partial charge in [0.05, 0.1) is 18.3 Å². The number of benzene rings is 1. The van der Waals surface area contributed by atoms with E-state index in [-0.39, 0.29) is 12.2 Å². The van der Waals surface area contributed by atoms with Gasteiger partial charge in [-0.3, -0.25) is 4.90 Å². The summed E-state index contributed by atoms with van der Waals surface area (Å²) in [5.74, 6) is 0. The first kappa shape index (κ1) is 15.0. The van der Waals surface area contributed by atoms with Crippen molar-refractivity contribution in [2.75, 3.05) is 19.6 Å². The van der Waals surface area contributed by atoms with Crippen molar-refractivity contribution in [3.05, 3.63) is 34.3 Å². The molecule has 1 aromatic carbocycles. The van der Waals surface area contributed by atoms with E-state index in [4.69, 9.17) is 4.74 Å². The molecule has 1 heterocycles. The summed E-state index contributed by atoms with van der Waals surface area (Å²) in [6.07, 6.45) is 0.903. The molecule has 4 heteroatoms. The number of rotatable bonds is 4. The number of hydrogen-bond acceptors (Lipinski definition) is 3. The van der Waals surface area contributed by atoms with Crippen molar-refractivity contribution in [1.82, 2.24) is 4.90 Å². The third-order valence-corrected chi connectivity index (χ3v) is 4.20. The molecule has 1 fully saturated rings. The van der Waals surface area contributed by atoms with Crippen LogP contribution in [0.1, 0.15) is 31.9 Å². The fourth-order valence-electron chi connectivity index (χ4n) is 2.67. The van der Waals surface area contributed by atoms with Crippen molar-refractivity contribution >= 4 is 15.9 Å². The largest absolute Gasteiger partial charge is 0.388 e. The Balaban J connectivity index is 1.87. The molecule has 1 saturated heterocycles. The third kappa shape index (κ3) is 4.28. The Hall–Kier alpha value is -0.420. The molecule has 3 unspecified atom stereocenters. The number of aliphatic hydroxyl groups is 1. The number of hydrogen-bond donors (Lipinski definition) is 1. The maximum absolute atomic E-state index is 10.3. The highest BCUT2D eigenvalue weighted by molar-refractivity contribution is 9.10. The van der Waals surface area contributed by atoms with Crippen LogP contribution in [0.3, 0.4) is 0 Å². The zero-order valence-corrected chi connectivity index (χ0v) is 13.1. The van der Waals surface area contributed by atoms with Crippen molar-refractivity contribution in [2.45, 2.75) is 38.6 Å². The van der Waals surface area contributed by atoms with Crippen molar-refractivity contribution < 1.29 is 9.84 Å². The van der Waals surface area contributed by atoms with Crippen molar-refractivity contribution in [1.29, 1.82) is 0 Å². The maximum Gasteiger partial charge on any atom is 0.0813 e. The van der Waals surface area contributed by atoms with Crippen LogP contribution in [0.25, 0.3) is 0 Å². The van der Waals surface area contributed by atoms with E-state index in [1.807, 2.05) is 24.3 Å². The number of halogens is 1. The second-order valence-corrected chi connectivity index (χ2v) is 6.20. The smallest absolute Gasteiger partial charge is 0.0813 e. The topological polar surface area (TPSA) is 32.7 Å². The molecule has 0 saturated carbocycles. The summed E-state index contributed by atoms with van der Waals surface area (Å²) in [7, 11) is 0. The molecule has 0 spiro atoms. The van der Waals surface area contributed by atoms with E-state index in [0.717, 1.165) is 36.1 Å². The highest BCUT2D eigenvalue weighted by Crippen LogP contribution is 2.25. The van der Waals surface area contributed by atoms with Crippen LogP contribution in [0.5, 0.6) is 0 Å². The third-order valence-electron chi connectivity index (χ3n) is 3.48. The summed E-state index contributed by atoms with van der Waals surface area (Å²) in [4.78, 5) is 2.37. The molecule has 19 heavy (non-hydrogen) atoms. The Kier molecular flexibility index (Phi) is 5.39. The standard InChI is InChI=1S/C15H22BrNO2/c1-11-9-17(10-12(2)19-11)8-7-15(18)13-5-3-4-6-14(13)16/h3-6,11-12,15,18H,7-10H2,1-2H3. The van der Waals surface area contributed by atoms with E-state index < -0.39 is 6.10 Å². The number of nitrogens with zero attached hydrogens (tertiary/aromatic N) is 1. The Labute approximate surface area is 123 Å². The van der Waals surface area contributed by atoms with Gasteiger partial charge in [0, 0.05) is 24.1 Å². The Bertz CT molecular complexity index is 403. The van der Waals surface area contributed by atoms with E-state index in [1.54, 1.807) is 0 Å². The van der Waals surface area contributed by atoms with Gasteiger partial charge in [0.15, 0.2) is 0 Å². The lowest BCUT2D eigenvalue weighted by molar-refractivity contribution is -0.0703. The molecule has 0 amide bonds. The van der Waals surface area contributed by atoms with Gasteiger partial charge in [-0.15, -0.1) is 0 Å². The van der Waals surface area contributed by atoms with Crippen LogP contribution < -0.4 is 0 Å². The van der Waals surface area contributed by atoms with Gasteiger partial charge >= 0.3 is 0 Å². The van der Waals surface area contributed by atoms with Crippen LogP contribution in [0.2, 0.25) is 0 Å². The predicted octanol–water partition coefficient (Wildman–Crippen LogP) is 2.98. The van der Waals surface area contributed by atoms with E-state index >= 15 is 0 Å². The average molecular weight is 328 g/mol. The first-order chi connectivity index (χ1) is 9.06. The molecular weight excluding hydrogens is 306 g/mol. The Morgan fingerprint density at radius 2 is 1.95 bits per heavy atom. The fourth-order valence-corrected chi connectivity index (χ4v) is 3.22. The van der Waals surface area contributed by atoms with Crippen LogP contribution in [-0.2, 0) is 4.74 Å². The second kappa shape index (κ2) is 6.84. The molecule has 3 nitrogen and oxygen atoms in total. The van der Waals surface area contributed by atoms with Gasteiger partial charge in [0.25, 0.3) is 0 Å². The Morgan fingerprint density at radius 3 is 2.58 bits per heavy atom. The first-order valence-electron chi connectivity index (χ1n) is 6.86. The SMILES string of the molecule is CC1CN(CCC(O)c2ccccc2Br)CC(C)O1. The van der Waals surface area contributed by atoms with Crippen molar-refractivity contribution in [3.8, 4) is 0 Å². The molecule has 3 atom stereocenters.